The molecule has 0 aromatic carbocycles. The lowest BCUT2D eigenvalue weighted by atomic mass is 10.2. The molecule has 4 nitrogen and oxygen atoms in total. The van der Waals surface area contributed by atoms with Gasteiger partial charge in [-0.25, -0.2) is 0 Å². The number of thiophene rings is 1. The number of hydrogen-bond donors (Lipinski definition) is 0. The minimum absolute atomic E-state index is 0.176. The lowest BCUT2D eigenvalue weighted by Gasteiger charge is -2.35. The number of rotatable bonds is 4. The van der Waals surface area contributed by atoms with Crippen LogP contribution in [0.5, 0.6) is 0 Å². The van der Waals surface area contributed by atoms with E-state index in [-0.39, 0.29) is 18.1 Å². The van der Waals surface area contributed by atoms with Crippen molar-refractivity contribution < 1.29 is 9.53 Å². The maximum absolute atomic E-state index is 12.2. The molecule has 0 bridgehead atoms. The zero-order chi connectivity index (χ0) is 13.8. The summed E-state index contributed by atoms with van der Waals surface area (Å²) in [5, 5.41) is 2.04. The minimum Gasteiger partial charge on any atom is -0.373 e. The second-order valence-electron chi connectivity index (χ2n) is 5.28. The monoisotopic (exact) mass is 282 g/mol. The first kappa shape index (κ1) is 14.5. The van der Waals surface area contributed by atoms with Crippen LogP contribution >= 0.6 is 11.3 Å². The number of likely N-dealkylation sites (N-methyl/N-ethyl adjacent to an activating group) is 1. The third kappa shape index (κ3) is 4.30. The first-order valence-corrected chi connectivity index (χ1v) is 7.56. The lowest BCUT2D eigenvalue weighted by molar-refractivity contribution is -0.135. The van der Waals surface area contributed by atoms with Crippen LogP contribution < -0.4 is 0 Å². The lowest BCUT2D eigenvalue weighted by Crippen LogP contribution is -2.49. The molecule has 106 valence electrons. The molecule has 1 aliphatic rings. The van der Waals surface area contributed by atoms with Crippen molar-refractivity contribution in [2.24, 2.45) is 0 Å². The average Bonchev–Trinajstić information content (AvgIpc) is 2.80. The number of amides is 1. The van der Waals surface area contributed by atoms with Crippen molar-refractivity contribution >= 4 is 17.2 Å². The maximum Gasteiger partial charge on any atom is 0.236 e. The van der Waals surface area contributed by atoms with Crippen LogP contribution in [-0.4, -0.2) is 54.6 Å². The van der Waals surface area contributed by atoms with Gasteiger partial charge in [-0.3, -0.25) is 9.69 Å². The molecular weight excluding hydrogens is 260 g/mol. The van der Waals surface area contributed by atoms with E-state index in [0.717, 1.165) is 13.1 Å². The second-order valence-corrected chi connectivity index (χ2v) is 6.31. The van der Waals surface area contributed by atoms with Crippen LogP contribution in [0.1, 0.15) is 18.7 Å². The highest BCUT2D eigenvalue weighted by atomic mass is 32.1. The molecule has 0 aliphatic carbocycles. The maximum atomic E-state index is 12.2. The van der Waals surface area contributed by atoms with Crippen molar-refractivity contribution in [3.63, 3.8) is 0 Å². The fraction of sp³-hybridized carbons (Fsp3) is 0.643. The first-order valence-electron chi connectivity index (χ1n) is 6.68. The highest BCUT2D eigenvalue weighted by Crippen LogP contribution is 2.13. The van der Waals surface area contributed by atoms with Crippen molar-refractivity contribution in [2.45, 2.75) is 32.6 Å². The Hall–Kier alpha value is -0.910. The van der Waals surface area contributed by atoms with E-state index in [1.807, 2.05) is 18.5 Å². The largest absolute Gasteiger partial charge is 0.373 e. The number of hydrogen-bond acceptors (Lipinski definition) is 4. The van der Waals surface area contributed by atoms with Crippen molar-refractivity contribution in [3.8, 4) is 0 Å². The van der Waals surface area contributed by atoms with Gasteiger partial charge in [0.2, 0.25) is 5.91 Å². The summed E-state index contributed by atoms with van der Waals surface area (Å²) in [6.07, 6.45) is 0.415. The van der Waals surface area contributed by atoms with Gasteiger partial charge < -0.3 is 9.64 Å². The number of ether oxygens (including phenoxy) is 1. The number of nitrogens with zero attached hydrogens (tertiary/aromatic N) is 2. The van der Waals surface area contributed by atoms with Gasteiger partial charge in [-0.1, -0.05) is 6.07 Å². The molecule has 2 heterocycles. The molecule has 2 atom stereocenters. The van der Waals surface area contributed by atoms with Gasteiger partial charge in [-0.15, -0.1) is 11.3 Å². The number of morpholine rings is 1. The summed E-state index contributed by atoms with van der Waals surface area (Å²) >= 11 is 1.69. The fourth-order valence-electron chi connectivity index (χ4n) is 2.45. The van der Waals surface area contributed by atoms with Gasteiger partial charge >= 0.3 is 0 Å². The summed E-state index contributed by atoms with van der Waals surface area (Å²) in [4.78, 5) is 17.4. The van der Waals surface area contributed by atoms with Crippen molar-refractivity contribution in [3.05, 3.63) is 22.4 Å². The zero-order valence-corrected chi connectivity index (χ0v) is 12.7. The summed E-state index contributed by atoms with van der Waals surface area (Å²) in [6.45, 7) is 6.97. The van der Waals surface area contributed by atoms with Crippen LogP contribution in [0.4, 0.5) is 0 Å². The molecular formula is C14H22N2O2S. The molecule has 1 fully saturated rings. The third-order valence-corrected chi connectivity index (χ3v) is 4.11. The Balaban J connectivity index is 1.82. The predicted octanol–water partition coefficient (Wildman–Crippen LogP) is 1.82. The molecule has 1 amide bonds. The topological polar surface area (TPSA) is 32.8 Å². The molecule has 0 spiro atoms. The summed E-state index contributed by atoms with van der Waals surface area (Å²) in [5.41, 5.74) is 0. The fourth-order valence-corrected chi connectivity index (χ4v) is 3.21. The highest BCUT2D eigenvalue weighted by Gasteiger charge is 2.24. The Morgan fingerprint density at radius 3 is 2.74 bits per heavy atom. The molecule has 1 aromatic rings. The van der Waals surface area contributed by atoms with E-state index >= 15 is 0 Å². The number of carbonyl (C=O) groups is 1. The van der Waals surface area contributed by atoms with E-state index in [2.05, 4.69) is 24.8 Å². The van der Waals surface area contributed by atoms with Gasteiger partial charge in [0.1, 0.15) is 0 Å². The van der Waals surface area contributed by atoms with Crippen molar-refractivity contribution in [1.29, 1.82) is 0 Å². The Morgan fingerprint density at radius 2 is 2.16 bits per heavy atom. The molecule has 2 unspecified atom stereocenters. The van der Waals surface area contributed by atoms with E-state index in [1.165, 1.54) is 4.88 Å². The molecule has 0 radical (unpaired) electrons. The molecule has 2 rings (SSSR count). The van der Waals surface area contributed by atoms with E-state index in [1.54, 1.807) is 16.2 Å². The van der Waals surface area contributed by atoms with E-state index in [0.29, 0.717) is 13.1 Å². The third-order valence-electron chi connectivity index (χ3n) is 3.25. The standard InChI is InChI=1S/C14H22N2O2S/c1-11-7-16(8-12(2)18-11)10-14(17)15(3)9-13-5-4-6-19-13/h4-6,11-12H,7-10H2,1-3H3. The van der Waals surface area contributed by atoms with Crippen LogP contribution in [0.2, 0.25) is 0 Å². The molecule has 1 aliphatic heterocycles. The smallest absolute Gasteiger partial charge is 0.236 e. The van der Waals surface area contributed by atoms with Crippen LogP contribution in [0.3, 0.4) is 0 Å². The van der Waals surface area contributed by atoms with Crippen LogP contribution in [0, 0.1) is 0 Å². The zero-order valence-electron chi connectivity index (χ0n) is 11.8. The van der Waals surface area contributed by atoms with Crippen LogP contribution in [0.25, 0.3) is 0 Å². The predicted molar refractivity (Wildman–Crippen MR) is 77.2 cm³/mol. The molecule has 0 saturated carbocycles. The Morgan fingerprint density at radius 1 is 1.47 bits per heavy atom. The van der Waals surface area contributed by atoms with Gasteiger partial charge in [0.05, 0.1) is 25.3 Å². The first-order chi connectivity index (χ1) is 9.04. The highest BCUT2D eigenvalue weighted by molar-refractivity contribution is 7.09. The molecule has 1 saturated heterocycles. The quantitative estimate of drug-likeness (QED) is 0.844. The van der Waals surface area contributed by atoms with Crippen LogP contribution in [0.15, 0.2) is 17.5 Å². The average molecular weight is 282 g/mol. The summed E-state index contributed by atoms with van der Waals surface area (Å²) in [6, 6.07) is 4.08. The van der Waals surface area contributed by atoms with Crippen LogP contribution in [-0.2, 0) is 16.1 Å². The summed E-state index contributed by atoms with van der Waals surface area (Å²) in [5.74, 6) is 0.176. The van der Waals surface area contributed by atoms with Gasteiger partial charge in [0.15, 0.2) is 0 Å². The van der Waals surface area contributed by atoms with Gasteiger partial charge in [0.25, 0.3) is 0 Å². The molecule has 1 aromatic heterocycles. The van der Waals surface area contributed by atoms with E-state index < -0.39 is 0 Å². The van der Waals surface area contributed by atoms with Gasteiger partial charge in [-0.05, 0) is 25.3 Å². The second kappa shape index (κ2) is 6.50. The number of carbonyl (C=O) groups excluding carboxylic acids is 1. The summed E-state index contributed by atoms with van der Waals surface area (Å²) < 4.78 is 5.68. The molecule has 0 N–H and O–H groups in total. The summed E-state index contributed by atoms with van der Waals surface area (Å²) in [7, 11) is 1.87. The normalized spacial score (nSPS) is 24.4. The van der Waals surface area contributed by atoms with E-state index in [9.17, 15) is 4.79 Å². The Labute approximate surface area is 119 Å². The van der Waals surface area contributed by atoms with Gasteiger partial charge in [-0.2, -0.15) is 0 Å². The Bertz CT molecular complexity index is 398. The van der Waals surface area contributed by atoms with Crippen molar-refractivity contribution in [2.75, 3.05) is 26.7 Å². The van der Waals surface area contributed by atoms with E-state index in [4.69, 9.17) is 4.74 Å². The Kier molecular flexibility index (Phi) is 4.96. The molecule has 5 heteroatoms. The molecule has 19 heavy (non-hydrogen) atoms. The van der Waals surface area contributed by atoms with Gasteiger partial charge in [0, 0.05) is 25.0 Å². The minimum atomic E-state index is 0.176. The SMILES string of the molecule is CC1CN(CC(=O)N(C)Cc2cccs2)CC(C)O1. The van der Waals surface area contributed by atoms with Crippen molar-refractivity contribution in [1.82, 2.24) is 9.80 Å².